The van der Waals surface area contributed by atoms with E-state index >= 15 is 0 Å². The number of carbonyl (C=O) groups excluding carboxylic acids is 1. The molecule has 2 aliphatic rings. The van der Waals surface area contributed by atoms with E-state index in [0.717, 1.165) is 10.5 Å². The highest BCUT2D eigenvalue weighted by molar-refractivity contribution is 6.13. The Morgan fingerprint density at radius 1 is 1.20 bits per heavy atom. The van der Waals surface area contributed by atoms with Crippen LogP contribution in [-0.2, 0) is 4.79 Å². The molecule has 1 heterocycles. The van der Waals surface area contributed by atoms with Crippen molar-refractivity contribution in [3.05, 3.63) is 35.6 Å². The molecule has 0 spiro atoms. The fraction of sp³-hybridized carbons (Fsp3) is 0.588. The van der Waals surface area contributed by atoms with Gasteiger partial charge >= 0.3 is 12.1 Å². The zero-order valence-corrected chi connectivity index (χ0v) is 14.2. The minimum absolute atomic E-state index is 0.00997. The van der Waals surface area contributed by atoms with Crippen molar-refractivity contribution in [1.82, 2.24) is 9.32 Å². The Hall–Kier alpha value is -1.34. The smallest absolute Gasteiger partial charge is 0.331 e. The minimum Gasteiger partial charge on any atom is -0.331 e. The van der Waals surface area contributed by atoms with Gasteiger partial charge in [-0.2, -0.15) is 13.2 Å². The molecule has 1 amide bonds. The molecule has 8 heteroatoms. The van der Waals surface area contributed by atoms with Crippen molar-refractivity contribution in [3.63, 3.8) is 0 Å². The number of hydrogen-bond donors (Lipinski definition) is 0. The van der Waals surface area contributed by atoms with Crippen molar-refractivity contribution in [3.8, 4) is 0 Å². The van der Waals surface area contributed by atoms with Gasteiger partial charge in [0.15, 0.2) is 0 Å². The van der Waals surface area contributed by atoms with Gasteiger partial charge in [-0.05, 0) is 54.7 Å². The summed E-state index contributed by atoms with van der Waals surface area (Å²) in [5, 5.41) is 0. The van der Waals surface area contributed by atoms with E-state index in [2.05, 4.69) is 0 Å². The fourth-order valence-electron chi connectivity index (χ4n) is 3.49. The van der Waals surface area contributed by atoms with Crippen molar-refractivity contribution in [2.24, 2.45) is 5.92 Å². The van der Waals surface area contributed by atoms with Crippen LogP contribution in [0.15, 0.2) is 24.3 Å². The SMILES string of the molecule is O=C(N(CC1CCN(Cl)CC1)C1CC1c1ccc(F)cc1)C(F)(F)F. The predicted octanol–water partition coefficient (Wildman–Crippen LogP) is 3.94. The number of piperidine rings is 1. The average Bonchev–Trinajstić information content (AvgIpc) is 3.34. The highest BCUT2D eigenvalue weighted by Crippen LogP contribution is 2.46. The number of amides is 1. The molecular formula is C17H19ClF4N2O. The van der Waals surface area contributed by atoms with Crippen molar-refractivity contribution in [2.45, 2.75) is 37.4 Å². The lowest BCUT2D eigenvalue weighted by molar-refractivity contribution is -0.187. The van der Waals surface area contributed by atoms with Crippen LogP contribution in [0.25, 0.3) is 0 Å². The molecule has 2 fully saturated rings. The van der Waals surface area contributed by atoms with E-state index in [9.17, 15) is 22.4 Å². The molecule has 0 N–H and O–H groups in total. The van der Waals surface area contributed by atoms with Crippen molar-refractivity contribution in [2.75, 3.05) is 19.6 Å². The Bertz CT molecular complexity index is 614. The van der Waals surface area contributed by atoms with Gasteiger partial charge in [-0.25, -0.2) is 8.81 Å². The van der Waals surface area contributed by atoms with Gasteiger partial charge in [0.2, 0.25) is 0 Å². The number of nitrogens with zero attached hydrogens (tertiary/aromatic N) is 2. The Balaban J connectivity index is 1.71. The standard InChI is InChI=1S/C17H19ClF4N2O/c18-23-7-5-11(6-8-23)10-24(16(25)17(20,21)22)15-9-14(15)12-1-3-13(19)4-2-12/h1-4,11,14-15H,5-10H2. The molecule has 1 saturated heterocycles. The first-order valence-electron chi connectivity index (χ1n) is 8.29. The molecule has 2 unspecified atom stereocenters. The van der Waals surface area contributed by atoms with Gasteiger partial charge in [-0.15, -0.1) is 0 Å². The molecule has 138 valence electrons. The van der Waals surface area contributed by atoms with Gasteiger partial charge in [-0.1, -0.05) is 12.1 Å². The van der Waals surface area contributed by atoms with Gasteiger partial charge in [-0.3, -0.25) is 4.79 Å². The number of halogens is 5. The summed E-state index contributed by atoms with van der Waals surface area (Å²) < 4.78 is 53.7. The second-order valence-electron chi connectivity index (χ2n) is 6.77. The summed E-state index contributed by atoms with van der Waals surface area (Å²) in [7, 11) is 0. The fourth-order valence-corrected chi connectivity index (χ4v) is 3.68. The predicted molar refractivity (Wildman–Crippen MR) is 85.5 cm³/mol. The summed E-state index contributed by atoms with van der Waals surface area (Å²) in [6, 6.07) is 5.24. The molecule has 1 aliphatic heterocycles. The van der Waals surface area contributed by atoms with Crippen molar-refractivity contribution < 1.29 is 22.4 Å². The van der Waals surface area contributed by atoms with Gasteiger partial charge in [0, 0.05) is 31.6 Å². The number of carbonyl (C=O) groups is 1. The molecule has 1 aliphatic carbocycles. The zero-order chi connectivity index (χ0) is 18.2. The van der Waals surface area contributed by atoms with E-state index in [1.807, 2.05) is 0 Å². The van der Waals surface area contributed by atoms with Gasteiger partial charge in [0.1, 0.15) is 5.82 Å². The lowest BCUT2D eigenvalue weighted by Crippen LogP contribution is -2.46. The molecule has 2 atom stereocenters. The van der Waals surface area contributed by atoms with E-state index in [1.54, 1.807) is 16.6 Å². The number of alkyl halides is 3. The second kappa shape index (κ2) is 7.11. The Labute approximate surface area is 148 Å². The third kappa shape index (κ3) is 4.44. The van der Waals surface area contributed by atoms with Crippen LogP contribution in [-0.4, -0.2) is 47.1 Å². The monoisotopic (exact) mass is 378 g/mol. The van der Waals surface area contributed by atoms with Crippen LogP contribution in [0.3, 0.4) is 0 Å². The molecule has 3 rings (SSSR count). The van der Waals surface area contributed by atoms with Crippen LogP contribution in [0.5, 0.6) is 0 Å². The van der Waals surface area contributed by atoms with E-state index in [4.69, 9.17) is 11.8 Å². The third-order valence-corrected chi connectivity index (χ3v) is 5.31. The molecule has 25 heavy (non-hydrogen) atoms. The van der Waals surface area contributed by atoms with Gasteiger partial charge in [0.25, 0.3) is 0 Å². The van der Waals surface area contributed by atoms with Crippen molar-refractivity contribution >= 4 is 17.7 Å². The summed E-state index contributed by atoms with van der Waals surface area (Å²) >= 11 is 5.89. The first kappa shape index (κ1) is 18.5. The largest absolute Gasteiger partial charge is 0.471 e. The van der Waals surface area contributed by atoms with E-state index in [1.165, 1.54) is 12.1 Å². The molecule has 1 saturated carbocycles. The van der Waals surface area contributed by atoms with Crippen LogP contribution < -0.4 is 0 Å². The normalized spacial score (nSPS) is 25.0. The molecular weight excluding hydrogens is 360 g/mol. The summed E-state index contributed by atoms with van der Waals surface area (Å²) in [6.07, 6.45) is -3.08. The molecule has 1 aromatic rings. The van der Waals surface area contributed by atoms with Crippen LogP contribution >= 0.6 is 11.8 Å². The Morgan fingerprint density at radius 3 is 2.36 bits per heavy atom. The molecule has 3 nitrogen and oxygen atoms in total. The maximum atomic E-state index is 13.0. The Kier molecular flexibility index (Phi) is 5.25. The van der Waals surface area contributed by atoms with Crippen LogP contribution in [0, 0.1) is 11.7 Å². The number of rotatable bonds is 4. The average molecular weight is 379 g/mol. The second-order valence-corrected chi connectivity index (χ2v) is 7.25. The molecule has 0 aromatic heterocycles. The molecule has 0 bridgehead atoms. The van der Waals surface area contributed by atoms with Crippen LogP contribution in [0.2, 0.25) is 0 Å². The quantitative estimate of drug-likeness (QED) is 0.585. The topological polar surface area (TPSA) is 23.6 Å². The van der Waals surface area contributed by atoms with Crippen LogP contribution in [0.4, 0.5) is 17.6 Å². The summed E-state index contributed by atoms with van der Waals surface area (Å²) in [4.78, 5) is 12.9. The summed E-state index contributed by atoms with van der Waals surface area (Å²) in [6.45, 7) is 1.30. The number of hydrogen-bond acceptors (Lipinski definition) is 2. The summed E-state index contributed by atoms with van der Waals surface area (Å²) in [5.41, 5.74) is 0.766. The first-order chi connectivity index (χ1) is 11.8. The Morgan fingerprint density at radius 2 is 1.80 bits per heavy atom. The highest BCUT2D eigenvalue weighted by atomic mass is 35.5. The van der Waals surface area contributed by atoms with Gasteiger partial charge in [0.05, 0.1) is 0 Å². The summed E-state index contributed by atoms with van der Waals surface area (Å²) in [5.74, 6) is -2.33. The van der Waals surface area contributed by atoms with E-state index in [0.29, 0.717) is 32.4 Å². The maximum absolute atomic E-state index is 13.0. The molecule has 0 radical (unpaired) electrons. The molecule has 1 aromatic carbocycles. The minimum atomic E-state index is -4.89. The third-order valence-electron chi connectivity index (χ3n) is 4.97. The van der Waals surface area contributed by atoms with E-state index in [-0.39, 0.29) is 18.4 Å². The highest BCUT2D eigenvalue weighted by Gasteiger charge is 2.52. The van der Waals surface area contributed by atoms with E-state index < -0.39 is 23.9 Å². The first-order valence-corrected chi connectivity index (χ1v) is 8.63. The van der Waals surface area contributed by atoms with Gasteiger partial charge < -0.3 is 4.90 Å². The maximum Gasteiger partial charge on any atom is 0.471 e. The van der Waals surface area contributed by atoms with Crippen molar-refractivity contribution in [1.29, 1.82) is 0 Å². The zero-order valence-electron chi connectivity index (χ0n) is 13.5. The van der Waals surface area contributed by atoms with Crippen LogP contribution in [0.1, 0.15) is 30.7 Å². The lowest BCUT2D eigenvalue weighted by atomic mass is 9.97. The number of benzene rings is 1. The lowest BCUT2D eigenvalue weighted by Gasteiger charge is -2.32.